The quantitative estimate of drug-likeness (QED) is 0.672. The Bertz CT molecular complexity index is 1300. The number of halogens is 1. The van der Waals surface area contributed by atoms with Crippen molar-refractivity contribution in [1.82, 2.24) is 9.13 Å². The predicted octanol–water partition coefficient (Wildman–Crippen LogP) is 3.65. The molecule has 3 aromatic rings. The molecule has 1 aliphatic heterocycles. The molecule has 6 heteroatoms. The van der Waals surface area contributed by atoms with Gasteiger partial charge in [0.25, 0.3) is 5.56 Å². The van der Waals surface area contributed by atoms with Crippen LogP contribution in [0.1, 0.15) is 34.6 Å². The van der Waals surface area contributed by atoms with Gasteiger partial charge in [0.1, 0.15) is 5.82 Å². The number of hydrogen-bond acceptors (Lipinski definition) is 3. The Hall–Kier alpha value is -3.05. The van der Waals surface area contributed by atoms with E-state index in [1.54, 1.807) is 7.05 Å². The first-order chi connectivity index (χ1) is 14.0. The van der Waals surface area contributed by atoms with Crippen LogP contribution in [0.4, 0.5) is 5.82 Å². The maximum atomic E-state index is 13.2. The van der Waals surface area contributed by atoms with Gasteiger partial charge in [-0.25, -0.2) is 4.79 Å². The third kappa shape index (κ3) is 2.61. The smallest absolute Gasteiger partial charge is 0.332 e. The zero-order chi connectivity index (χ0) is 20.3. The van der Waals surface area contributed by atoms with Crippen LogP contribution in [-0.4, -0.2) is 9.13 Å². The average Bonchev–Trinajstić information content (AvgIpc) is 2.75. The summed E-state index contributed by atoms with van der Waals surface area (Å²) in [5.41, 5.74) is 5.58. The number of hydrogen-bond donors (Lipinski definition) is 1. The van der Waals surface area contributed by atoms with Crippen LogP contribution in [0.15, 0.2) is 63.7 Å². The molecule has 2 heterocycles. The van der Waals surface area contributed by atoms with E-state index in [2.05, 4.69) is 17.4 Å². The van der Waals surface area contributed by atoms with E-state index in [0.29, 0.717) is 16.4 Å². The van der Waals surface area contributed by atoms with E-state index in [9.17, 15) is 9.59 Å². The van der Waals surface area contributed by atoms with Crippen LogP contribution in [0.25, 0.3) is 5.70 Å². The summed E-state index contributed by atoms with van der Waals surface area (Å²) in [7, 11) is 3.23. The lowest BCUT2D eigenvalue weighted by atomic mass is 9.75. The summed E-state index contributed by atoms with van der Waals surface area (Å²) in [5.74, 6) is 0.339. The Morgan fingerprint density at radius 3 is 2.45 bits per heavy atom. The topological polar surface area (TPSA) is 56.0 Å². The maximum Gasteiger partial charge on any atom is 0.332 e. The number of aryl methyl sites for hydroxylation is 1. The lowest BCUT2D eigenvalue weighted by molar-refractivity contribution is 0.659. The summed E-state index contributed by atoms with van der Waals surface area (Å²) in [4.78, 5) is 25.8. The second-order valence-corrected chi connectivity index (χ2v) is 8.07. The van der Waals surface area contributed by atoms with Gasteiger partial charge in [-0.2, -0.15) is 0 Å². The lowest BCUT2D eigenvalue weighted by Crippen LogP contribution is -2.43. The first-order valence-electron chi connectivity index (χ1n) is 9.61. The van der Waals surface area contributed by atoms with Gasteiger partial charge in [-0.05, 0) is 41.7 Å². The minimum Gasteiger partial charge on any atom is -0.341 e. The molecule has 1 aromatic heterocycles. The zero-order valence-corrected chi connectivity index (χ0v) is 17.0. The van der Waals surface area contributed by atoms with Crippen LogP contribution < -0.4 is 16.6 Å². The molecule has 2 aromatic carbocycles. The number of benzene rings is 2. The van der Waals surface area contributed by atoms with Gasteiger partial charge < -0.3 is 5.32 Å². The SMILES string of the molecule is Cn1c2c(c(=O)n(C)c1=O)C(c1ccc(Cl)cc1)C1=C(N2)c2ccccc2CC1. The van der Waals surface area contributed by atoms with Crippen molar-refractivity contribution in [3.8, 4) is 0 Å². The van der Waals surface area contributed by atoms with E-state index in [1.165, 1.54) is 27.3 Å². The maximum absolute atomic E-state index is 13.2. The second kappa shape index (κ2) is 6.49. The molecule has 1 unspecified atom stereocenters. The standard InChI is InChI=1S/C23H20ClN3O2/c1-26-21-19(22(28)27(2)23(26)29)18(14-7-10-15(24)11-8-14)17-12-9-13-5-3-4-6-16(13)20(17)25-21/h3-8,10-11,18,25H,9,12H2,1-2H3. The number of nitrogens with zero attached hydrogens (tertiary/aromatic N) is 2. The molecule has 2 aliphatic rings. The van der Waals surface area contributed by atoms with Crippen LogP contribution in [0, 0.1) is 0 Å². The molecule has 1 N–H and O–H groups in total. The van der Waals surface area contributed by atoms with Gasteiger partial charge in [-0.3, -0.25) is 13.9 Å². The van der Waals surface area contributed by atoms with E-state index in [0.717, 1.165) is 29.7 Å². The number of anilines is 1. The van der Waals surface area contributed by atoms with Gasteiger partial charge in [0.05, 0.1) is 5.56 Å². The highest BCUT2D eigenvalue weighted by atomic mass is 35.5. The average molecular weight is 406 g/mol. The van der Waals surface area contributed by atoms with Crippen molar-refractivity contribution in [1.29, 1.82) is 0 Å². The fourth-order valence-electron chi connectivity index (χ4n) is 4.58. The Morgan fingerprint density at radius 2 is 1.69 bits per heavy atom. The summed E-state index contributed by atoms with van der Waals surface area (Å²) in [6.45, 7) is 0. The zero-order valence-electron chi connectivity index (χ0n) is 16.2. The Balaban J connectivity index is 1.86. The summed E-state index contributed by atoms with van der Waals surface area (Å²) in [6.07, 6.45) is 1.76. The fourth-order valence-corrected chi connectivity index (χ4v) is 4.71. The summed E-state index contributed by atoms with van der Waals surface area (Å²) >= 11 is 6.12. The number of nitrogens with one attached hydrogen (secondary N) is 1. The number of allylic oxidation sites excluding steroid dienone is 1. The molecule has 0 saturated heterocycles. The highest BCUT2D eigenvalue weighted by molar-refractivity contribution is 6.30. The molecule has 1 atom stereocenters. The summed E-state index contributed by atoms with van der Waals surface area (Å²) in [6, 6.07) is 15.9. The molecule has 0 radical (unpaired) electrons. The van der Waals surface area contributed by atoms with Crippen molar-refractivity contribution in [2.24, 2.45) is 14.1 Å². The highest BCUT2D eigenvalue weighted by Gasteiger charge is 2.36. The highest BCUT2D eigenvalue weighted by Crippen LogP contribution is 2.46. The minimum atomic E-state index is -0.343. The van der Waals surface area contributed by atoms with Crippen molar-refractivity contribution in [3.63, 3.8) is 0 Å². The Morgan fingerprint density at radius 1 is 0.966 bits per heavy atom. The number of fused-ring (bicyclic) bond motifs is 3. The molecule has 1 aliphatic carbocycles. The van der Waals surface area contributed by atoms with E-state index in [-0.39, 0.29) is 17.2 Å². The van der Waals surface area contributed by atoms with Gasteiger partial charge in [-0.1, -0.05) is 48.0 Å². The van der Waals surface area contributed by atoms with Gasteiger partial charge in [0.2, 0.25) is 0 Å². The van der Waals surface area contributed by atoms with Crippen molar-refractivity contribution in [2.45, 2.75) is 18.8 Å². The first-order valence-corrected chi connectivity index (χ1v) is 9.99. The monoisotopic (exact) mass is 405 g/mol. The van der Waals surface area contributed by atoms with Gasteiger partial charge in [0.15, 0.2) is 0 Å². The second-order valence-electron chi connectivity index (χ2n) is 7.63. The number of aromatic nitrogens is 2. The molecule has 5 nitrogen and oxygen atoms in total. The normalized spacial score (nSPS) is 17.3. The van der Waals surface area contributed by atoms with E-state index >= 15 is 0 Å². The molecule has 0 fully saturated rings. The van der Waals surface area contributed by atoms with Crippen molar-refractivity contribution >= 4 is 23.1 Å². The van der Waals surface area contributed by atoms with Gasteiger partial charge in [0, 0.05) is 36.3 Å². The van der Waals surface area contributed by atoms with E-state index in [4.69, 9.17) is 11.6 Å². The molecule has 0 amide bonds. The van der Waals surface area contributed by atoms with Crippen LogP contribution in [0.3, 0.4) is 0 Å². The molecule has 0 saturated carbocycles. The van der Waals surface area contributed by atoms with Crippen LogP contribution in [0.5, 0.6) is 0 Å². The van der Waals surface area contributed by atoms with Gasteiger partial charge in [-0.15, -0.1) is 0 Å². The Labute approximate surface area is 172 Å². The van der Waals surface area contributed by atoms with Crippen LogP contribution >= 0.6 is 11.6 Å². The molecule has 5 rings (SSSR count). The van der Waals surface area contributed by atoms with Crippen molar-refractivity contribution in [2.75, 3.05) is 5.32 Å². The summed E-state index contributed by atoms with van der Waals surface area (Å²) < 4.78 is 2.71. The number of rotatable bonds is 1. The van der Waals surface area contributed by atoms with Crippen molar-refractivity contribution < 1.29 is 0 Å². The third-order valence-corrected chi connectivity index (χ3v) is 6.31. The molecular weight excluding hydrogens is 386 g/mol. The van der Waals surface area contributed by atoms with E-state index in [1.807, 2.05) is 36.4 Å². The Kier molecular flexibility index (Phi) is 4.03. The summed E-state index contributed by atoms with van der Waals surface area (Å²) in [5, 5.41) is 4.10. The van der Waals surface area contributed by atoms with Gasteiger partial charge >= 0.3 is 5.69 Å². The first kappa shape index (κ1) is 18.0. The molecule has 0 spiro atoms. The van der Waals surface area contributed by atoms with Crippen LogP contribution in [-0.2, 0) is 20.5 Å². The minimum absolute atomic E-state index is 0.225. The molecule has 146 valence electrons. The molecular formula is C23H20ClN3O2. The third-order valence-electron chi connectivity index (χ3n) is 6.05. The predicted molar refractivity (Wildman–Crippen MR) is 116 cm³/mol. The lowest BCUT2D eigenvalue weighted by Gasteiger charge is -2.36. The molecule has 0 bridgehead atoms. The fraction of sp³-hybridized carbons (Fsp3) is 0.217. The van der Waals surface area contributed by atoms with E-state index < -0.39 is 0 Å². The molecule has 29 heavy (non-hydrogen) atoms. The van der Waals surface area contributed by atoms with Crippen LogP contribution in [0.2, 0.25) is 5.02 Å². The largest absolute Gasteiger partial charge is 0.341 e. The van der Waals surface area contributed by atoms with Crippen molar-refractivity contribution in [3.05, 3.63) is 102 Å².